The average Bonchev–Trinajstić information content (AvgIpc) is 3.58. The molecule has 0 amide bonds. The van der Waals surface area contributed by atoms with E-state index in [1.165, 1.54) is 0 Å². The van der Waals surface area contributed by atoms with Crippen molar-refractivity contribution in [2.45, 2.75) is 0 Å². The number of hydrogen-bond acceptors (Lipinski definition) is 4. The molecular weight excluding hydrogens is 526 g/mol. The summed E-state index contributed by atoms with van der Waals surface area (Å²) in [5, 5.41) is -0.0424. The van der Waals surface area contributed by atoms with Crippen molar-refractivity contribution in [3.8, 4) is 56.4 Å². The summed E-state index contributed by atoms with van der Waals surface area (Å²) in [5.41, 5.74) is 5.01. The molecule has 0 unspecified atom stereocenters. The lowest BCUT2D eigenvalue weighted by atomic mass is 10.0. The van der Waals surface area contributed by atoms with Crippen LogP contribution in [0.1, 0.15) is 9.60 Å². The van der Waals surface area contributed by atoms with Crippen LogP contribution in [0.2, 0.25) is 0 Å². The highest BCUT2D eigenvalue weighted by Crippen LogP contribution is 2.33. The molecule has 0 aliphatic carbocycles. The molecule has 202 valence electrons. The topological polar surface area (TPSA) is 51.8 Å². The van der Waals surface area contributed by atoms with Crippen molar-refractivity contribution in [2.75, 3.05) is 0 Å². The minimum atomic E-state index is -0.491. The Bertz CT molecular complexity index is 2490. The van der Waals surface area contributed by atoms with Crippen LogP contribution in [-0.4, -0.2) is 15.0 Å². The SMILES string of the molecule is [2H]c1c([2H])c([2H])c2c(oc3c([2H])c([2H])c(-c4nc(-c5ccc(-c6ccccc6)cc5)nc(-c5ccc(-c6ccccc6)cc5)n4)c([2H])c32)c1[2H]. The summed E-state index contributed by atoms with van der Waals surface area (Å²) in [4.78, 5) is 14.3. The fraction of sp³-hybridized carbons (Fsp3) is 0. The average molecular weight is 559 g/mol. The van der Waals surface area contributed by atoms with Crippen LogP contribution in [0.3, 0.4) is 0 Å². The van der Waals surface area contributed by atoms with Gasteiger partial charge in [-0.25, -0.2) is 15.0 Å². The van der Waals surface area contributed by atoms with Crippen molar-refractivity contribution in [2.24, 2.45) is 0 Å². The Labute approximate surface area is 258 Å². The summed E-state index contributed by atoms with van der Waals surface area (Å²) in [6.07, 6.45) is 0. The predicted molar refractivity (Wildman–Crippen MR) is 174 cm³/mol. The molecule has 4 nitrogen and oxygen atoms in total. The molecule has 0 aliphatic rings. The number of para-hydroxylation sites is 1. The third kappa shape index (κ3) is 4.75. The van der Waals surface area contributed by atoms with E-state index in [4.69, 9.17) is 27.6 Å². The van der Waals surface area contributed by atoms with E-state index in [0.717, 1.165) is 22.3 Å². The summed E-state index contributed by atoms with van der Waals surface area (Å²) < 4.78 is 66.2. The monoisotopic (exact) mass is 558 g/mol. The van der Waals surface area contributed by atoms with Gasteiger partial charge in [0.15, 0.2) is 17.5 Å². The molecule has 2 aromatic heterocycles. The van der Waals surface area contributed by atoms with Gasteiger partial charge in [0.2, 0.25) is 0 Å². The molecule has 0 spiro atoms. The molecule has 0 saturated carbocycles. The zero-order valence-corrected chi connectivity index (χ0v) is 22.6. The molecule has 0 fully saturated rings. The summed E-state index contributed by atoms with van der Waals surface area (Å²) in [5.74, 6) is 0.562. The van der Waals surface area contributed by atoms with Crippen LogP contribution in [0.5, 0.6) is 0 Å². The minimum Gasteiger partial charge on any atom is -0.456 e. The van der Waals surface area contributed by atoms with E-state index in [9.17, 15) is 1.37 Å². The van der Waals surface area contributed by atoms with Crippen molar-refractivity contribution in [1.29, 1.82) is 0 Å². The summed E-state index contributed by atoms with van der Waals surface area (Å²) in [6.45, 7) is 0. The van der Waals surface area contributed by atoms with Crippen LogP contribution in [0.4, 0.5) is 0 Å². The van der Waals surface area contributed by atoms with Gasteiger partial charge in [-0.15, -0.1) is 0 Å². The van der Waals surface area contributed by atoms with Gasteiger partial charge in [-0.3, -0.25) is 0 Å². The van der Waals surface area contributed by atoms with Crippen LogP contribution in [0.15, 0.2) is 156 Å². The summed E-state index contributed by atoms with van der Waals surface area (Å²) in [6, 6.07) is 32.5. The normalized spacial score (nSPS) is 13.5. The van der Waals surface area contributed by atoms with Gasteiger partial charge in [0.25, 0.3) is 0 Å². The lowest BCUT2D eigenvalue weighted by Gasteiger charge is -2.10. The highest BCUT2D eigenvalue weighted by Gasteiger charge is 2.15. The van der Waals surface area contributed by atoms with E-state index in [2.05, 4.69) is 0 Å². The first-order valence-electron chi connectivity index (χ1n) is 17.2. The maximum Gasteiger partial charge on any atom is 0.164 e. The molecule has 2 heterocycles. The Balaban J connectivity index is 1.35. The third-order valence-electron chi connectivity index (χ3n) is 7.24. The highest BCUT2D eigenvalue weighted by atomic mass is 16.3. The highest BCUT2D eigenvalue weighted by molar-refractivity contribution is 6.06. The number of benzene rings is 6. The predicted octanol–water partition coefficient (Wildman–Crippen LogP) is 10.1. The second-order valence-electron chi connectivity index (χ2n) is 9.95. The van der Waals surface area contributed by atoms with Crippen molar-refractivity contribution in [1.82, 2.24) is 15.0 Å². The lowest BCUT2D eigenvalue weighted by molar-refractivity contribution is 0.669. The zero-order chi connectivity index (χ0) is 34.7. The number of nitrogens with zero attached hydrogens (tertiary/aromatic N) is 3. The number of aromatic nitrogens is 3. The number of furan rings is 1. The van der Waals surface area contributed by atoms with E-state index in [0.29, 0.717) is 22.8 Å². The van der Waals surface area contributed by atoms with Crippen LogP contribution in [0, 0.1) is 0 Å². The quantitative estimate of drug-likeness (QED) is 0.211. The van der Waals surface area contributed by atoms with Crippen LogP contribution in [0.25, 0.3) is 78.4 Å². The van der Waals surface area contributed by atoms with E-state index in [1.807, 2.05) is 109 Å². The van der Waals surface area contributed by atoms with Crippen molar-refractivity contribution >= 4 is 21.9 Å². The van der Waals surface area contributed by atoms with Gasteiger partial charge in [0, 0.05) is 27.5 Å². The molecule has 4 heteroatoms. The van der Waals surface area contributed by atoms with Gasteiger partial charge < -0.3 is 4.42 Å². The first kappa shape index (κ1) is 18.5. The van der Waals surface area contributed by atoms with E-state index < -0.39 is 24.2 Å². The van der Waals surface area contributed by atoms with Gasteiger partial charge in [-0.1, -0.05) is 127 Å². The van der Waals surface area contributed by atoms with Gasteiger partial charge in [-0.05, 0) is 46.4 Å². The van der Waals surface area contributed by atoms with Crippen molar-refractivity contribution in [3.63, 3.8) is 0 Å². The van der Waals surface area contributed by atoms with E-state index in [-0.39, 0.29) is 51.5 Å². The van der Waals surface area contributed by atoms with Crippen molar-refractivity contribution in [3.05, 3.63) is 151 Å². The second-order valence-corrected chi connectivity index (χ2v) is 9.95. The van der Waals surface area contributed by atoms with Gasteiger partial charge in [0.1, 0.15) is 11.2 Å². The molecule has 8 rings (SSSR count). The molecule has 0 radical (unpaired) electrons. The van der Waals surface area contributed by atoms with E-state index >= 15 is 0 Å². The number of rotatable bonds is 5. The standard InChI is InChI=1S/C39H25N3O/c1-3-9-26(10-4-1)28-15-19-30(20-16-28)37-40-38(31-21-17-29(18-22-31)27-11-5-2-6-12-27)42-39(41-37)32-23-24-36-34(25-32)33-13-7-8-14-35(33)43-36/h1-25H/i7D,8D,13D,14D,23D,24D,25D. The van der Waals surface area contributed by atoms with Gasteiger partial charge in [0.05, 0.1) is 9.60 Å². The molecule has 0 N–H and O–H groups in total. The molecular formula is C39H25N3O. The largest absolute Gasteiger partial charge is 0.456 e. The first-order valence-corrected chi connectivity index (χ1v) is 13.7. The number of hydrogen-bond donors (Lipinski definition) is 0. The maximum absolute atomic E-state index is 9.29. The summed E-state index contributed by atoms with van der Waals surface area (Å²) >= 11 is 0. The molecule has 0 saturated heterocycles. The Hall–Kier alpha value is -5.87. The number of fused-ring (bicyclic) bond motifs is 3. The van der Waals surface area contributed by atoms with Crippen LogP contribution >= 0.6 is 0 Å². The minimum absolute atomic E-state index is 0.00839. The van der Waals surface area contributed by atoms with Crippen LogP contribution in [-0.2, 0) is 0 Å². The van der Waals surface area contributed by atoms with E-state index in [1.54, 1.807) is 0 Å². The van der Waals surface area contributed by atoms with Crippen molar-refractivity contribution < 1.29 is 14.0 Å². The molecule has 6 aromatic carbocycles. The lowest BCUT2D eigenvalue weighted by Crippen LogP contribution is -2.00. The fourth-order valence-corrected chi connectivity index (χ4v) is 5.05. The first-order chi connectivity index (χ1) is 24.2. The Morgan fingerprint density at radius 2 is 0.837 bits per heavy atom. The zero-order valence-electron chi connectivity index (χ0n) is 29.6. The molecule has 0 bridgehead atoms. The molecule has 0 aliphatic heterocycles. The second kappa shape index (κ2) is 10.5. The maximum atomic E-state index is 9.29. The molecule has 43 heavy (non-hydrogen) atoms. The Morgan fingerprint density at radius 3 is 1.40 bits per heavy atom. The van der Waals surface area contributed by atoms with Gasteiger partial charge >= 0.3 is 0 Å². The molecule has 8 aromatic rings. The summed E-state index contributed by atoms with van der Waals surface area (Å²) in [7, 11) is 0. The fourth-order valence-electron chi connectivity index (χ4n) is 5.05. The third-order valence-corrected chi connectivity index (χ3v) is 7.24. The van der Waals surface area contributed by atoms with Crippen LogP contribution < -0.4 is 0 Å². The van der Waals surface area contributed by atoms with Gasteiger partial charge in [-0.2, -0.15) is 0 Å². The smallest absolute Gasteiger partial charge is 0.164 e. The Kier molecular flexibility index (Phi) is 4.53. The molecule has 0 atom stereocenters. The Morgan fingerprint density at radius 1 is 0.395 bits per heavy atom.